The van der Waals surface area contributed by atoms with Gasteiger partial charge in [0.25, 0.3) is 5.91 Å². The Bertz CT molecular complexity index is 758. The van der Waals surface area contributed by atoms with Crippen LogP contribution < -0.4 is 10.8 Å². The first-order valence-electron chi connectivity index (χ1n) is 9.06. The molecule has 1 saturated heterocycles. The summed E-state index contributed by atoms with van der Waals surface area (Å²) in [6, 6.07) is 17.6. The predicted molar refractivity (Wildman–Crippen MR) is 105 cm³/mol. The van der Waals surface area contributed by atoms with Crippen molar-refractivity contribution in [3.05, 3.63) is 65.7 Å². The van der Waals surface area contributed by atoms with E-state index in [1.807, 2.05) is 70.2 Å². The van der Waals surface area contributed by atoms with Gasteiger partial charge < -0.3 is 14.6 Å². The average Bonchev–Trinajstić information content (AvgIpc) is 2.84. The number of carbonyl (C=O) groups excluding carboxylic acids is 1. The van der Waals surface area contributed by atoms with E-state index in [9.17, 15) is 4.79 Å². The van der Waals surface area contributed by atoms with Crippen LogP contribution in [0, 0.1) is 0 Å². The number of benzene rings is 2. The molecule has 3 rings (SSSR count). The molecule has 0 unspecified atom stereocenters. The van der Waals surface area contributed by atoms with Gasteiger partial charge in [-0.2, -0.15) is 0 Å². The average molecular weight is 351 g/mol. The molecule has 136 valence electrons. The zero-order chi connectivity index (χ0) is 18.8. The van der Waals surface area contributed by atoms with Gasteiger partial charge in [-0.05, 0) is 57.3 Å². The van der Waals surface area contributed by atoms with E-state index in [-0.39, 0.29) is 5.91 Å². The minimum absolute atomic E-state index is 0.0840. The summed E-state index contributed by atoms with van der Waals surface area (Å²) in [5.41, 5.74) is 1.89. The molecule has 5 heteroatoms. The summed E-state index contributed by atoms with van der Waals surface area (Å²) in [6.45, 7) is 8.68. The topological polar surface area (TPSA) is 47.6 Å². The molecule has 1 N–H and O–H groups in total. The van der Waals surface area contributed by atoms with E-state index >= 15 is 0 Å². The first-order chi connectivity index (χ1) is 12.3. The van der Waals surface area contributed by atoms with Crippen molar-refractivity contribution >= 4 is 18.5 Å². The van der Waals surface area contributed by atoms with Gasteiger partial charge in [0, 0.05) is 12.1 Å². The van der Waals surface area contributed by atoms with Gasteiger partial charge in [-0.1, -0.05) is 42.5 Å². The molecular weight excluding hydrogens is 325 g/mol. The van der Waals surface area contributed by atoms with Crippen molar-refractivity contribution in [2.45, 2.75) is 45.3 Å². The van der Waals surface area contributed by atoms with Crippen molar-refractivity contribution in [1.29, 1.82) is 0 Å². The monoisotopic (exact) mass is 351 g/mol. The third-order valence-corrected chi connectivity index (χ3v) is 5.22. The van der Waals surface area contributed by atoms with Crippen molar-refractivity contribution in [3.63, 3.8) is 0 Å². The quantitative estimate of drug-likeness (QED) is 0.843. The number of hydrogen-bond acceptors (Lipinski definition) is 3. The normalized spacial score (nSPS) is 17.9. The highest BCUT2D eigenvalue weighted by atomic mass is 16.7. The van der Waals surface area contributed by atoms with Crippen molar-refractivity contribution < 1.29 is 14.1 Å². The maximum Gasteiger partial charge on any atom is 0.494 e. The molecule has 2 aromatic carbocycles. The molecule has 1 aliphatic heterocycles. The molecule has 0 aliphatic carbocycles. The van der Waals surface area contributed by atoms with Crippen LogP contribution in [-0.2, 0) is 15.7 Å². The Morgan fingerprint density at radius 2 is 1.62 bits per heavy atom. The van der Waals surface area contributed by atoms with Crippen LogP contribution in [0.25, 0.3) is 0 Å². The highest BCUT2D eigenvalue weighted by molar-refractivity contribution is 6.62. The van der Waals surface area contributed by atoms with Crippen molar-refractivity contribution in [1.82, 2.24) is 5.32 Å². The fourth-order valence-electron chi connectivity index (χ4n) is 2.87. The van der Waals surface area contributed by atoms with E-state index in [1.165, 1.54) is 5.56 Å². The molecule has 0 radical (unpaired) electrons. The van der Waals surface area contributed by atoms with Gasteiger partial charge in [0.2, 0.25) is 0 Å². The molecule has 26 heavy (non-hydrogen) atoms. The SMILES string of the molecule is CC1(C)OB(c2cccc(C(=O)NCCc3ccccc3)c2)OC1(C)C. The lowest BCUT2D eigenvalue weighted by molar-refractivity contribution is 0.00578. The molecular formula is C21H26BNO3. The van der Waals surface area contributed by atoms with E-state index in [4.69, 9.17) is 9.31 Å². The summed E-state index contributed by atoms with van der Waals surface area (Å²) in [6.07, 6.45) is 0.809. The zero-order valence-corrected chi connectivity index (χ0v) is 15.9. The molecule has 0 aromatic heterocycles. The number of amides is 1. The van der Waals surface area contributed by atoms with Crippen LogP contribution in [0.3, 0.4) is 0 Å². The Morgan fingerprint density at radius 1 is 0.962 bits per heavy atom. The van der Waals surface area contributed by atoms with Gasteiger partial charge in [0.15, 0.2) is 0 Å². The van der Waals surface area contributed by atoms with Crippen molar-refractivity contribution in [3.8, 4) is 0 Å². The Kier molecular flexibility index (Phi) is 5.21. The maximum atomic E-state index is 12.5. The van der Waals surface area contributed by atoms with Crippen LogP contribution in [0.15, 0.2) is 54.6 Å². The second-order valence-corrected chi connectivity index (χ2v) is 7.71. The van der Waals surface area contributed by atoms with Crippen LogP contribution in [0.5, 0.6) is 0 Å². The first kappa shape index (κ1) is 18.7. The second kappa shape index (κ2) is 7.26. The molecule has 1 amide bonds. The Labute approximate surface area is 156 Å². The minimum atomic E-state index is -0.461. The fraction of sp³-hybridized carbons (Fsp3) is 0.381. The summed E-state index contributed by atoms with van der Waals surface area (Å²) in [7, 11) is -0.461. The molecule has 0 bridgehead atoms. The van der Waals surface area contributed by atoms with Gasteiger partial charge in [-0.15, -0.1) is 0 Å². The third-order valence-electron chi connectivity index (χ3n) is 5.22. The number of nitrogens with one attached hydrogen (secondary N) is 1. The lowest BCUT2D eigenvalue weighted by atomic mass is 9.78. The molecule has 0 spiro atoms. The van der Waals surface area contributed by atoms with Crippen LogP contribution in [0.1, 0.15) is 43.6 Å². The van der Waals surface area contributed by atoms with Gasteiger partial charge >= 0.3 is 7.12 Å². The standard InChI is InChI=1S/C21H26BNO3/c1-20(2)21(3,4)26-22(25-20)18-12-8-11-17(15-18)19(24)23-14-13-16-9-6-5-7-10-16/h5-12,15H,13-14H2,1-4H3,(H,23,24). The summed E-state index contributed by atoms with van der Waals surface area (Å²) < 4.78 is 12.1. The largest absolute Gasteiger partial charge is 0.494 e. The van der Waals surface area contributed by atoms with Gasteiger partial charge in [0.1, 0.15) is 0 Å². The van der Waals surface area contributed by atoms with Crippen molar-refractivity contribution in [2.75, 3.05) is 6.54 Å². The molecule has 1 aliphatic rings. The molecule has 0 atom stereocenters. The third kappa shape index (κ3) is 4.00. The van der Waals surface area contributed by atoms with Crippen LogP contribution >= 0.6 is 0 Å². The van der Waals surface area contributed by atoms with Gasteiger partial charge in [-0.25, -0.2) is 0 Å². The smallest absolute Gasteiger partial charge is 0.399 e. The first-order valence-corrected chi connectivity index (χ1v) is 9.06. The lowest BCUT2D eigenvalue weighted by Gasteiger charge is -2.32. The molecule has 0 saturated carbocycles. The maximum absolute atomic E-state index is 12.5. The number of hydrogen-bond donors (Lipinski definition) is 1. The van der Waals surface area contributed by atoms with E-state index in [0.29, 0.717) is 12.1 Å². The van der Waals surface area contributed by atoms with E-state index in [1.54, 1.807) is 0 Å². The summed E-state index contributed by atoms with van der Waals surface area (Å²) in [5.74, 6) is -0.0840. The highest BCUT2D eigenvalue weighted by Gasteiger charge is 2.51. The van der Waals surface area contributed by atoms with Crippen LogP contribution in [-0.4, -0.2) is 30.8 Å². The van der Waals surface area contributed by atoms with Crippen molar-refractivity contribution in [2.24, 2.45) is 0 Å². The molecule has 2 aromatic rings. The van der Waals surface area contributed by atoms with E-state index < -0.39 is 18.3 Å². The number of rotatable bonds is 5. The summed E-state index contributed by atoms with van der Waals surface area (Å²) >= 11 is 0. The molecule has 1 heterocycles. The Balaban J connectivity index is 1.63. The Morgan fingerprint density at radius 3 is 2.27 bits per heavy atom. The van der Waals surface area contributed by atoms with E-state index in [2.05, 4.69) is 17.4 Å². The molecule has 1 fully saturated rings. The highest BCUT2D eigenvalue weighted by Crippen LogP contribution is 2.36. The second-order valence-electron chi connectivity index (χ2n) is 7.71. The number of carbonyl (C=O) groups is 1. The van der Waals surface area contributed by atoms with Gasteiger partial charge in [0.05, 0.1) is 11.2 Å². The minimum Gasteiger partial charge on any atom is -0.399 e. The van der Waals surface area contributed by atoms with Crippen LogP contribution in [0.4, 0.5) is 0 Å². The summed E-state index contributed by atoms with van der Waals surface area (Å²) in [5, 5.41) is 2.98. The fourth-order valence-corrected chi connectivity index (χ4v) is 2.87. The summed E-state index contributed by atoms with van der Waals surface area (Å²) in [4.78, 5) is 12.5. The molecule has 4 nitrogen and oxygen atoms in total. The lowest BCUT2D eigenvalue weighted by Crippen LogP contribution is -2.41. The predicted octanol–water partition coefficient (Wildman–Crippen LogP) is 2.96. The Hall–Kier alpha value is -2.11. The zero-order valence-electron chi connectivity index (χ0n) is 15.9. The van der Waals surface area contributed by atoms with Crippen LogP contribution in [0.2, 0.25) is 0 Å². The van der Waals surface area contributed by atoms with Gasteiger partial charge in [-0.3, -0.25) is 4.79 Å². The van der Waals surface area contributed by atoms with E-state index in [0.717, 1.165) is 11.9 Å².